The maximum atomic E-state index is 8.40. The average molecular weight is 830 g/mol. The second kappa shape index (κ2) is 16.3. The third kappa shape index (κ3) is 8.20. The van der Waals surface area contributed by atoms with E-state index >= 15 is 0 Å². The van der Waals surface area contributed by atoms with Gasteiger partial charge < -0.3 is 35.2 Å². The number of benzene rings is 6. The molecule has 2 heterocycles. The quantitative estimate of drug-likeness (QED) is 0.0634. The molecule has 0 aliphatic carbocycles. The number of hydrogen-bond acceptors (Lipinski definition) is 3. The Morgan fingerprint density at radius 3 is 1.68 bits per heavy atom. The van der Waals surface area contributed by atoms with E-state index in [2.05, 4.69) is 151 Å². The van der Waals surface area contributed by atoms with Gasteiger partial charge >= 0.3 is 5.78 Å². The smallest absolute Gasteiger partial charge is 0.316 e. The summed E-state index contributed by atoms with van der Waals surface area (Å²) < 4.78 is 0. The van der Waals surface area contributed by atoms with Gasteiger partial charge in [0.1, 0.15) is 0 Å². The molecule has 2 aromatic heterocycles. The Kier molecular flexibility index (Phi) is 11.7. The van der Waals surface area contributed by atoms with Gasteiger partial charge in [-0.2, -0.15) is 0 Å². The summed E-state index contributed by atoms with van der Waals surface area (Å²) in [7, 11) is 0. The SMILES string of the molecule is CC(=[OH+])/C=C(/C)O.Cc1[c-]c(-c2nccc3c2ccc2ccccc23)ccc1.Cc1cc[c-]c(-c2nccc3c2ccc2ccccc23)c1.[Ir-3]. The molecule has 0 radical (unpaired) electrons. The summed E-state index contributed by atoms with van der Waals surface area (Å²) in [6, 6.07) is 48.8. The minimum Gasteiger partial charge on any atom is -3.00 e. The average Bonchev–Trinajstić information content (AvgIpc) is 3.11. The fourth-order valence-corrected chi connectivity index (χ4v) is 6.05. The molecular weight excluding hydrogens is 793 g/mol. The fraction of sp³-hybridized carbons (Fsp3) is 0.0889. The van der Waals surface area contributed by atoms with Crippen molar-refractivity contribution in [3.8, 4) is 22.5 Å². The van der Waals surface area contributed by atoms with Gasteiger partial charge in [0.2, 0.25) is 0 Å². The van der Waals surface area contributed by atoms with E-state index in [1.165, 1.54) is 68.6 Å². The molecule has 6 aromatic carbocycles. The monoisotopic (exact) mass is 830 g/mol. The maximum Gasteiger partial charge on any atom is 0.316 e. The Morgan fingerprint density at radius 1 is 0.620 bits per heavy atom. The van der Waals surface area contributed by atoms with Crippen LogP contribution >= 0.6 is 0 Å². The number of ketones is 1. The van der Waals surface area contributed by atoms with Gasteiger partial charge in [0, 0.05) is 12.4 Å². The molecule has 0 unspecified atom stereocenters. The molecule has 2 N–H and O–H groups in total. The number of aromatic nitrogens is 2. The molecule has 252 valence electrons. The predicted molar refractivity (Wildman–Crippen MR) is 206 cm³/mol. The summed E-state index contributed by atoms with van der Waals surface area (Å²) in [6.45, 7) is 7.15. The van der Waals surface area contributed by atoms with E-state index in [1.54, 1.807) is 0 Å². The summed E-state index contributed by atoms with van der Waals surface area (Å²) in [4.78, 5) is 17.6. The zero-order valence-electron chi connectivity index (χ0n) is 28.4. The van der Waals surface area contributed by atoms with E-state index in [0.29, 0.717) is 0 Å². The van der Waals surface area contributed by atoms with Gasteiger partial charge in [-0.05, 0) is 73.5 Å². The fourth-order valence-electron chi connectivity index (χ4n) is 6.05. The number of hydrogen-bond donors (Lipinski definition) is 1. The van der Waals surface area contributed by atoms with Crippen molar-refractivity contribution in [1.29, 1.82) is 0 Å². The van der Waals surface area contributed by atoms with Crippen LogP contribution in [0.4, 0.5) is 0 Å². The predicted octanol–water partition coefficient (Wildman–Crippen LogP) is 11.3. The Bertz CT molecular complexity index is 2320. The molecule has 0 aliphatic rings. The molecule has 4 nitrogen and oxygen atoms in total. The van der Waals surface area contributed by atoms with Crippen LogP contribution in [-0.4, -0.2) is 25.7 Å². The number of fused-ring (bicyclic) bond motifs is 6. The Hall–Kier alpha value is -5.48. The van der Waals surface area contributed by atoms with Crippen molar-refractivity contribution in [2.45, 2.75) is 27.7 Å². The molecule has 0 aliphatic heterocycles. The summed E-state index contributed by atoms with van der Waals surface area (Å²) in [5.74, 6) is 0.250. The van der Waals surface area contributed by atoms with Gasteiger partial charge in [-0.15, -0.1) is 70.8 Å². The standard InChI is InChI=1S/2C20H14N.C5H8O2.Ir/c2*1-14-5-4-7-16(13-14)20-19-10-9-15-6-2-3-8-17(15)18(19)11-12-21-20;1-4(6)3-5(2)7;/h2-6,8-13H,1H3;2-12H,1H3;3,6H,1-2H3;/q2*-1;;-3/p+1/b;;4-3-;. The van der Waals surface area contributed by atoms with Crippen molar-refractivity contribution in [2.75, 3.05) is 0 Å². The molecule has 0 saturated heterocycles. The van der Waals surface area contributed by atoms with E-state index in [0.717, 1.165) is 28.1 Å². The second-order valence-corrected chi connectivity index (χ2v) is 12.0. The van der Waals surface area contributed by atoms with Crippen molar-refractivity contribution < 1.29 is 30.0 Å². The molecule has 0 saturated carbocycles. The molecule has 0 bridgehead atoms. The first-order valence-corrected chi connectivity index (χ1v) is 16.2. The van der Waals surface area contributed by atoms with E-state index < -0.39 is 0 Å². The van der Waals surface area contributed by atoms with Crippen LogP contribution in [0.2, 0.25) is 0 Å². The third-order valence-electron chi connectivity index (χ3n) is 8.17. The number of aliphatic hydroxyl groups is 1. The summed E-state index contributed by atoms with van der Waals surface area (Å²) in [6.07, 6.45) is 5.06. The van der Waals surface area contributed by atoms with Crippen LogP contribution in [0.1, 0.15) is 25.0 Å². The minimum atomic E-state index is 0. The molecular formula is C45H37IrN2O2-4. The number of rotatable bonds is 3. The van der Waals surface area contributed by atoms with Crippen LogP contribution in [0.25, 0.3) is 65.6 Å². The number of pyridine rings is 2. The number of nitrogens with zero attached hydrogens (tertiary/aromatic N) is 2. The van der Waals surface area contributed by atoms with E-state index in [-0.39, 0.29) is 31.6 Å². The second-order valence-electron chi connectivity index (χ2n) is 12.0. The van der Waals surface area contributed by atoms with Crippen LogP contribution in [0, 0.1) is 26.0 Å². The van der Waals surface area contributed by atoms with Crippen LogP contribution in [0.5, 0.6) is 0 Å². The number of aryl methyl sites for hydroxylation is 2. The molecule has 8 rings (SSSR count). The molecule has 0 fully saturated rings. The van der Waals surface area contributed by atoms with Crippen molar-refractivity contribution in [3.05, 3.63) is 169 Å². The Balaban J connectivity index is 0.000000162. The molecule has 0 spiro atoms. The van der Waals surface area contributed by atoms with Crippen molar-refractivity contribution in [1.82, 2.24) is 9.97 Å². The first kappa shape index (κ1) is 35.8. The topological polar surface area (TPSA) is 67.4 Å². The normalized spacial score (nSPS) is 10.9. The number of carbonyl (C=O) groups excluding carboxylic acids is 1. The zero-order valence-corrected chi connectivity index (χ0v) is 30.8. The van der Waals surface area contributed by atoms with Gasteiger partial charge in [-0.1, -0.05) is 86.6 Å². The first-order chi connectivity index (χ1) is 23.8. The van der Waals surface area contributed by atoms with Gasteiger partial charge in [-0.3, -0.25) is 4.79 Å². The Labute approximate surface area is 306 Å². The van der Waals surface area contributed by atoms with Crippen molar-refractivity contribution in [3.63, 3.8) is 0 Å². The van der Waals surface area contributed by atoms with Gasteiger partial charge in [0.15, 0.2) is 0 Å². The number of allylic oxidation sites excluding steroid dienone is 2. The van der Waals surface area contributed by atoms with Gasteiger partial charge in [0.25, 0.3) is 0 Å². The van der Waals surface area contributed by atoms with Crippen LogP contribution < -0.4 is 0 Å². The number of aliphatic hydroxyl groups excluding tert-OH is 1. The van der Waals surface area contributed by atoms with Gasteiger partial charge in [0.05, 0.1) is 18.8 Å². The Morgan fingerprint density at radius 2 is 1.18 bits per heavy atom. The van der Waals surface area contributed by atoms with Crippen molar-refractivity contribution >= 4 is 48.9 Å². The molecule has 8 aromatic rings. The molecule has 5 heteroatoms. The van der Waals surface area contributed by atoms with Crippen molar-refractivity contribution in [2.24, 2.45) is 0 Å². The first-order valence-electron chi connectivity index (χ1n) is 16.2. The largest absolute Gasteiger partial charge is 3.00 e. The molecule has 50 heavy (non-hydrogen) atoms. The zero-order chi connectivity index (χ0) is 34.3. The summed E-state index contributed by atoms with van der Waals surface area (Å²) in [5.41, 5.74) is 6.46. The minimum absolute atomic E-state index is 0. The third-order valence-corrected chi connectivity index (χ3v) is 8.17. The van der Waals surface area contributed by atoms with Gasteiger partial charge in [-0.25, -0.2) is 0 Å². The van der Waals surface area contributed by atoms with E-state index in [4.69, 9.17) is 9.90 Å². The van der Waals surface area contributed by atoms with E-state index in [9.17, 15) is 0 Å². The maximum absolute atomic E-state index is 8.40. The van der Waals surface area contributed by atoms with Crippen LogP contribution in [-0.2, 0) is 20.1 Å². The van der Waals surface area contributed by atoms with Crippen LogP contribution in [0.3, 0.4) is 0 Å². The van der Waals surface area contributed by atoms with Crippen LogP contribution in [0.15, 0.2) is 146 Å². The summed E-state index contributed by atoms with van der Waals surface area (Å²) in [5, 5.41) is 18.3. The summed E-state index contributed by atoms with van der Waals surface area (Å²) >= 11 is 0. The van der Waals surface area contributed by atoms with E-state index in [1.807, 2.05) is 18.5 Å². The molecule has 0 atom stereocenters. The molecule has 0 amide bonds.